The summed E-state index contributed by atoms with van der Waals surface area (Å²) in [6, 6.07) is 4.94. The first kappa shape index (κ1) is 26.5. The molecule has 1 N–H and O–H groups in total. The second-order valence-corrected chi connectivity index (χ2v) is 11.6. The van der Waals surface area contributed by atoms with Crippen LogP contribution in [0.25, 0.3) is 32.9 Å². The highest BCUT2D eigenvalue weighted by Crippen LogP contribution is 2.43. The lowest BCUT2D eigenvalue weighted by atomic mass is 9.94. The number of hydrogen-bond donors (Lipinski definition) is 1. The number of rotatable bonds is 6. The van der Waals surface area contributed by atoms with E-state index < -0.39 is 23.8 Å². The number of pyridine rings is 1. The Labute approximate surface area is 240 Å². The van der Waals surface area contributed by atoms with Crippen molar-refractivity contribution in [1.29, 1.82) is 0 Å². The van der Waals surface area contributed by atoms with Crippen molar-refractivity contribution in [2.45, 2.75) is 43.4 Å². The van der Waals surface area contributed by atoms with Crippen molar-refractivity contribution < 1.29 is 23.0 Å². The summed E-state index contributed by atoms with van der Waals surface area (Å²) in [5.41, 5.74) is 0.714. The van der Waals surface area contributed by atoms with Crippen LogP contribution in [-0.4, -0.2) is 69.5 Å². The molecule has 0 radical (unpaired) electrons. The van der Waals surface area contributed by atoms with Crippen LogP contribution in [0, 0.1) is 24.0 Å². The van der Waals surface area contributed by atoms with Crippen molar-refractivity contribution in [3.05, 3.63) is 59.8 Å². The molecule has 2 aromatic heterocycles. The molecule has 7 rings (SSSR count). The monoisotopic (exact) mass is 571 g/mol. The van der Waals surface area contributed by atoms with Gasteiger partial charge in [-0.25, -0.2) is 13.2 Å². The fourth-order valence-corrected chi connectivity index (χ4v) is 6.65. The summed E-state index contributed by atoms with van der Waals surface area (Å²) in [7, 11) is 1.70. The molecule has 4 aromatic rings. The summed E-state index contributed by atoms with van der Waals surface area (Å²) in [4.78, 5) is 17.5. The van der Waals surface area contributed by atoms with Crippen molar-refractivity contribution >= 4 is 27.5 Å². The van der Waals surface area contributed by atoms with Crippen LogP contribution in [0.5, 0.6) is 11.8 Å². The van der Waals surface area contributed by atoms with Gasteiger partial charge in [0.1, 0.15) is 41.4 Å². The van der Waals surface area contributed by atoms with E-state index >= 15 is 4.39 Å². The second-order valence-electron chi connectivity index (χ2n) is 11.6. The van der Waals surface area contributed by atoms with Crippen LogP contribution in [0.15, 0.2) is 42.6 Å². The Bertz CT molecular complexity index is 1840. The molecule has 3 aliphatic rings. The molecule has 42 heavy (non-hydrogen) atoms. The van der Waals surface area contributed by atoms with Gasteiger partial charge < -0.3 is 14.7 Å². The normalized spacial score (nSPS) is 23.4. The molecule has 0 amide bonds. The molecule has 3 atom stereocenters. The largest absolute Gasteiger partial charge is 0.508 e. The maximum atomic E-state index is 16.5. The number of phenols is 1. The maximum absolute atomic E-state index is 16.5. The third-order valence-electron chi connectivity index (χ3n) is 8.81. The average Bonchev–Trinajstić information content (AvgIpc) is 3.45. The van der Waals surface area contributed by atoms with Crippen LogP contribution >= 0.6 is 0 Å². The van der Waals surface area contributed by atoms with E-state index in [-0.39, 0.29) is 50.4 Å². The Kier molecular flexibility index (Phi) is 6.06. The van der Waals surface area contributed by atoms with Crippen molar-refractivity contribution in [1.82, 2.24) is 19.9 Å². The first-order chi connectivity index (χ1) is 20.2. The molecule has 0 spiro atoms. The molecule has 1 saturated carbocycles. The number of fused-ring (bicyclic) bond motifs is 3. The zero-order chi connectivity index (χ0) is 29.3. The molecule has 2 saturated heterocycles. The topological polar surface area (TPSA) is 74.6 Å². The molecule has 214 valence electrons. The lowest BCUT2D eigenvalue weighted by Gasteiger charge is -2.31. The average molecular weight is 572 g/mol. The lowest BCUT2D eigenvalue weighted by Crippen LogP contribution is -2.43. The zero-order valence-corrected chi connectivity index (χ0v) is 23.0. The van der Waals surface area contributed by atoms with Gasteiger partial charge in [-0.1, -0.05) is 24.1 Å². The molecule has 2 aliphatic heterocycles. The number of alkyl halides is 1. The molecular formula is C32H28F3N5O2. The lowest BCUT2D eigenvalue weighted by molar-refractivity contribution is 0.108. The summed E-state index contributed by atoms with van der Waals surface area (Å²) >= 11 is 0. The van der Waals surface area contributed by atoms with Gasteiger partial charge in [-0.05, 0) is 49.4 Å². The number of aromatic hydroxyl groups is 1. The zero-order valence-electron chi connectivity index (χ0n) is 23.0. The fourth-order valence-electron chi connectivity index (χ4n) is 6.65. The number of hydrogen-bond acceptors (Lipinski definition) is 7. The molecule has 10 heteroatoms. The molecular weight excluding hydrogens is 543 g/mol. The maximum Gasteiger partial charge on any atom is 0.319 e. The number of anilines is 1. The number of aromatic nitrogens is 3. The highest BCUT2D eigenvalue weighted by Gasteiger charge is 2.47. The van der Waals surface area contributed by atoms with Crippen LogP contribution in [0.4, 0.5) is 19.0 Å². The van der Waals surface area contributed by atoms with Crippen molar-refractivity contribution in [2.75, 3.05) is 31.6 Å². The number of ether oxygens (including phenoxy) is 1. The van der Waals surface area contributed by atoms with Crippen molar-refractivity contribution in [3.63, 3.8) is 0 Å². The third-order valence-corrected chi connectivity index (χ3v) is 8.81. The van der Waals surface area contributed by atoms with E-state index in [1.165, 1.54) is 30.5 Å². The van der Waals surface area contributed by atoms with Gasteiger partial charge in [-0.2, -0.15) is 9.97 Å². The number of phenolic OH excluding ortho intramolecular Hbond substituents is 1. The minimum atomic E-state index is -1.02. The Morgan fingerprint density at radius 1 is 1.29 bits per heavy atom. The SMILES string of the molecule is C#Cc1c(F)ccc2cc(O)cc(-c3ncc4c(N(C)[C@H]5C[C@@H]5F)nc(OCC56CCCN5CC(=C)C6)nc4c3F)c12. The van der Waals surface area contributed by atoms with Gasteiger partial charge >= 0.3 is 6.01 Å². The number of benzene rings is 2. The number of nitrogens with zero attached hydrogens (tertiary/aromatic N) is 5. The van der Waals surface area contributed by atoms with Crippen LogP contribution in [0.3, 0.4) is 0 Å². The first-order valence-corrected chi connectivity index (χ1v) is 13.9. The quantitative estimate of drug-likeness (QED) is 0.241. The Morgan fingerprint density at radius 3 is 2.86 bits per heavy atom. The van der Waals surface area contributed by atoms with Crippen LogP contribution < -0.4 is 9.64 Å². The summed E-state index contributed by atoms with van der Waals surface area (Å²) < 4.78 is 51.5. The summed E-state index contributed by atoms with van der Waals surface area (Å²) in [6.45, 7) is 6.24. The fraction of sp³-hybridized carbons (Fsp3) is 0.344. The second kappa shape index (κ2) is 9.60. The van der Waals surface area contributed by atoms with Gasteiger partial charge in [0, 0.05) is 37.2 Å². The molecule has 1 unspecified atom stereocenters. The molecule has 7 nitrogen and oxygen atoms in total. The summed E-state index contributed by atoms with van der Waals surface area (Å²) in [6.07, 6.45) is 9.14. The highest BCUT2D eigenvalue weighted by atomic mass is 19.1. The molecule has 2 aromatic carbocycles. The molecule has 0 bridgehead atoms. The van der Waals surface area contributed by atoms with E-state index in [1.807, 2.05) is 0 Å². The van der Waals surface area contributed by atoms with Crippen LogP contribution in [-0.2, 0) is 0 Å². The predicted octanol–water partition coefficient (Wildman–Crippen LogP) is 5.53. The van der Waals surface area contributed by atoms with Gasteiger partial charge in [0.25, 0.3) is 0 Å². The van der Waals surface area contributed by atoms with Gasteiger partial charge in [0.2, 0.25) is 0 Å². The van der Waals surface area contributed by atoms with E-state index in [0.29, 0.717) is 24.2 Å². The number of halogens is 3. The van der Waals surface area contributed by atoms with E-state index in [0.717, 1.165) is 37.9 Å². The van der Waals surface area contributed by atoms with Crippen LogP contribution in [0.2, 0.25) is 0 Å². The van der Waals surface area contributed by atoms with E-state index in [1.54, 1.807) is 11.9 Å². The van der Waals surface area contributed by atoms with Crippen LogP contribution in [0.1, 0.15) is 31.2 Å². The number of terminal acetylenes is 1. The van der Waals surface area contributed by atoms with Gasteiger partial charge in [0.05, 0.1) is 22.5 Å². The van der Waals surface area contributed by atoms with Crippen molar-refractivity contribution in [3.8, 4) is 35.4 Å². The van der Waals surface area contributed by atoms with Crippen molar-refractivity contribution in [2.24, 2.45) is 0 Å². The van der Waals surface area contributed by atoms with Gasteiger partial charge in [0.15, 0.2) is 5.82 Å². The molecule has 4 heterocycles. The Balaban J connectivity index is 1.38. The van der Waals surface area contributed by atoms with Gasteiger partial charge in [-0.15, -0.1) is 6.42 Å². The smallest absolute Gasteiger partial charge is 0.319 e. The molecule has 3 fully saturated rings. The minimum absolute atomic E-state index is 0.0358. The minimum Gasteiger partial charge on any atom is -0.508 e. The third kappa shape index (κ3) is 4.14. The highest BCUT2D eigenvalue weighted by molar-refractivity contribution is 6.03. The first-order valence-electron chi connectivity index (χ1n) is 13.9. The Hall–Kier alpha value is -4.36. The standard InChI is InChI=1S/C32H28F3N5O2/c1-4-20-23(33)7-6-18-10-19(41)11-21(26(18)20)28-27(35)29-22(14-36-28)30(39(3)25-12-24(25)34)38-31(37-29)42-16-32-8-5-9-40(32)15-17(2)13-32/h1,6-7,10-11,14,24-25,41H,2,5,8-9,12-13,15-16H2,3H3/t24-,25-,32?/m0/s1. The molecule has 1 aliphatic carbocycles. The Morgan fingerprint density at radius 2 is 2.10 bits per heavy atom. The van der Waals surface area contributed by atoms with E-state index in [2.05, 4.69) is 32.4 Å². The summed E-state index contributed by atoms with van der Waals surface area (Å²) in [5, 5.41) is 11.4. The predicted molar refractivity (Wildman–Crippen MR) is 154 cm³/mol. The summed E-state index contributed by atoms with van der Waals surface area (Å²) in [5.74, 6) is 0.997. The van der Waals surface area contributed by atoms with E-state index in [4.69, 9.17) is 11.2 Å². The van der Waals surface area contributed by atoms with Gasteiger partial charge in [-0.3, -0.25) is 9.88 Å². The van der Waals surface area contributed by atoms with E-state index in [9.17, 15) is 13.9 Å².